The van der Waals surface area contributed by atoms with E-state index in [9.17, 15) is 14.0 Å². The van der Waals surface area contributed by atoms with Gasteiger partial charge in [-0.05, 0) is 47.7 Å². The monoisotopic (exact) mass is 451 g/mol. The first kappa shape index (κ1) is 22.9. The lowest BCUT2D eigenvalue weighted by atomic mass is 10.0. The van der Waals surface area contributed by atoms with E-state index < -0.39 is 6.04 Å². The molecule has 174 valence electrons. The molecule has 1 unspecified atom stereocenters. The minimum Gasteiger partial charge on any atom is -0.351 e. The number of halogens is 1. The third kappa shape index (κ3) is 5.40. The Hall–Kier alpha value is -3.23. The molecule has 2 heterocycles. The van der Waals surface area contributed by atoms with Gasteiger partial charge in [-0.1, -0.05) is 38.1 Å². The number of benzene rings is 2. The van der Waals surface area contributed by atoms with Gasteiger partial charge in [0.15, 0.2) is 0 Å². The van der Waals surface area contributed by atoms with Gasteiger partial charge >= 0.3 is 0 Å². The van der Waals surface area contributed by atoms with Gasteiger partial charge in [-0.3, -0.25) is 9.59 Å². The van der Waals surface area contributed by atoms with Crippen LogP contribution >= 0.6 is 0 Å². The van der Waals surface area contributed by atoms with Crippen LogP contribution in [0.15, 0.2) is 48.5 Å². The smallest absolute Gasteiger partial charge is 0.267 e. The summed E-state index contributed by atoms with van der Waals surface area (Å²) in [5.41, 5.74) is 9.07. The van der Waals surface area contributed by atoms with E-state index in [1.165, 1.54) is 12.1 Å². The Bertz CT molecular complexity index is 1140. The predicted molar refractivity (Wildman–Crippen MR) is 127 cm³/mol. The minimum atomic E-state index is -0.519. The number of nitrogens with two attached hydrogens (primary N) is 1. The molecule has 33 heavy (non-hydrogen) atoms. The maximum atomic E-state index is 13.2. The Morgan fingerprint density at radius 2 is 1.85 bits per heavy atom. The second-order valence-electron chi connectivity index (χ2n) is 9.02. The van der Waals surface area contributed by atoms with E-state index >= 15 is 0 Å². The van der Waals surface area contributed by atoms with Crippen LogP contribution in [0.5, 0.6) is 0 Å². The molecule has 0 saturated carbocycles. The molecule has 0 bridgehead atoms. The molecule has 1 fully saturated rings. The van der Waals surface area contributed by atoms with Crippen LogP contribution in [-0.2, 0) is 4.79 Å². The van der Waals surface area contributed by atoms with E-state index in [1.54, 1.807) is 12.1 Å². The summed E-state index contributed by atoms with van der Waals surface area (Å²) in [7, 11) is 0. The Balaban J connectivity index is 1.33. The number of amides is 2. The molecule has 6 N–H and O–H groups in total. The van der Waals surface area contributed by atoms with Gasteiger partial charge in [0.05, 0.1) is 6.04 Å². The predicted octanol–water partition coefficient (Wildman–Crippen LogP) is 2.53. The summed E-state index contributed by atoms with van der Waals surface area (Å²) < 4.78 is 13.2. The number of hydrogen-bond donors (Lipinski definition) is 5. The maximum Gasteiger partial charge on any atom is 0.267 e. The highest BCUT2D eigenvalue weighted by molar-refractivity contribution is 5.98. The first-order valence-corrected chi connectivity index (χ1v) is 11.3. The number of hydrogen-bond acceptors (Lipinski definition) is 4. The fraction of sp³-hybridized carbons (Fsp3) is 0.360. The molecule has 2 aromatic carbocycles. The van der Waals surface area contributed by atoms with Crippen LogP contribution in [-0.4, -0.2) is 48.0 Å². The van der Waals surface area contributed by atoms with Crippen molar-refractivity contribution >= 4 is 22.7 Å². The number of rotatable bonds is 7. The summed E-state index contributed by atoms with van der Waals surface area (Å²) in [6, 6.07) is 13.5. The Morgan fingerprint density at radius 3 is 2.58 bits per heavy atom. The van der Waals surface area contributed by atoms with Crippen molar-refractivity contribution in [1.29, 1.82) is 0 Å². The van der Waals surface area contributed by atoms with E-state index in [4.69, 9.17) is 5.73 Å². The van der Waals surface area contributed by atoms with Crippen molar-refractivity contribution in [3.05, 3.63) is 60.0 Å². The summed E-state index contributed by atoms with van der Waals surface area (Å²) in [6.45, 7) is 4.94. The number of carbonyl (C=O) groups excluding carboxylic acids is 2. The molecule has 1 aromatic heterocycles. The lowest BCUT2D eigenvalue weighted by Gasteiger charge is -2.18. The van der Waals surface area contributed by atoms with Crippen LogP contribution in [0, 0.1) is 11.7 Å². The Kier molecular flexibility index (Phi) is 6.76. The lowest BCUT2D eigenvalue weighted by Crippen LogP contribution is -2.48. The molecular weight excluding hydrogens is 421 g/mol. The number of carbonyl (C=O) groups is 2. The van der Waals surface area contributed by atoms with Gasteiger partial charge < -0.3 is 26.7 Å². The number of nitrogens with one attached hydrogen (secondary N) is 4. The Labute approximate surface area is 192 Å². The van der Waals surface area contributed by atoms with Gasteiger partial charge in [-0.25, -0.2) is 4.39 Å². The molecule has 3 atom stereocenters. The summed E-state index contributed by atoms with van der Waals surface area (Å²) in [5.74, 6) is -0.522. The second kappa shape index (κ2) is 9.72. The molecule has 0 spiro atoms. The molecule has 1 aliphatic rings. The zero-order valence-corrected chi connectivity index (χ0v) is 18.8. The molecular formula is C25H30FN5O2. The summed E-state index contributed by atoms with van der Waals surface area (Å²) in [6.07, 6.45) is 0.727. The quantitative estimate of drug-likeness (QED) is 0.380. The van der Waals surface area contributed by atoms with Crippen molar-refractivity contribution in [2.75, 3.05) is 13.1 Å². The van der Waals surface area contributed by atoms with Gasteiger partial charge in [0, 0.05) is 36.1 Å². The number of fused-ring (bicyclic) bond motifs is 1. The molecule has 8 heteroatoms. The van der Waals surface area contributed by atoms with Crippen LogP contribution in [0.1, 0.15) is 30.8 Å². The first-order valence-electron chi connectivity index (χ1n) is 11.3. The highest BCUT2D eigenvalue weighted by atomic mass is 19.1. The van der Waals surface area contributed by atoms with Crippen molar-refractivity contribution in [2.45, 2.75) is 38.4 Å². The third-order valence-electron chi connectivity index (χ3n) is 6.14. The van der Waals surface area contributed by atoms with Crippen molar-refractivity contribution in [1.82, 2.24) is 20.9 Å². The molecule has 4 rings (SSSR count). The molecule has 0 radical (unpaired) electrons. The van der Waals surface area contributed by atoms with Crippen LogP contribution in [0.3, 0.4) is 0 Å². The zero-order valence-electron chi connectivity index (χ0n) is 18.8. The standard InChI is InChI=1S/C25H30FN5O2/c1-14(2)23(27)25(33)30-20-11-19(28-13-20)12-29-24(32)22-10-17-4-3-16(9-21(17)31-22)15-5-7-18(26)8-6-15/h3-10,14,19-20,23,28,31H,11-13,27H2,1-2H3,(H,29,32)(H,30,33)/t19-,20?,23+/m0/s1. The fourth-order valence-corrected chi connectivity index (χ4v) is 4.07. The highest BCUT2D eigenvalue weighted by Crippen LogP contribution is 2.25. The largest absolute Gasteiger partial charge is 0.351 e. The van der Waals surface area contributed by atoms with Gasteiger partial charge in [0.2, 0.25) is 5.91 Å². The van der Waals surface area contributed by atoms with Gasteiger partial charge in [-0.15, -0.1) is 0 Å². The summed E-state index contributed by atoms with van der Waals surface area (Å²) in [4.78, 5) is 28.0. The molecule has 7 nitrogen and oxygen atoms in total. The minimum absolute atomic E-state index is 0.00200. The average molecular weight is 452 g/mol. The van der Waals surface area contributed by atoms with Gasteiger partial charge in [0.25, 0.3) is 5.91 Å². The normalized spacial score (nSPS) is 19.1. The highest BCUT2D eigenvalue weighted by Gasteiger charge is 2.28. The van der Waals surface area contributed by atoms with Crippen LogP contribution in [0.4, 0.5) is 4.39 Å². The summed E-state index contributed by atoms with van der Waals surface area (Å²) >= 11 is 0. The molecule has 2 amide bonds. The SMILES string of the molecule is CC(C)[C@@H](N)C(=O)NC1CN[C@H](CNC(=O)c2cc3ccc(-c4ccc(F)cc4)cc3[nH]2)C1. The Morgan fingerprint density at radius 1 is 1.12 bits per heavy atom. The molecule has 3 aromatic rings. The molecule has 1 saturated heterocycles. The first-order chi connectivity index (χ1) is 15.8. The van der Waals surface area contributed by atoms with E-state index in [0.717, 1.165) is 28.5 Å². The molecule has 0 aliphatic carbocycles. The topological polar surface area (TPSA) is 112 Å². The van der Waals surface area contributed by atoms with Crippen LogP contribution in [0.2, 0.25) is 0 Å². The summed E-state index contributed by atoms with van der Waals surface area (Å²) in [5, 5.41) is 10.2. The average Bonchev–Trinajstić information content (AvgIpc) is 3.43. The van der Waals surface area contributed by atoms with E-state index in [2.05, 4.69) is 20.9 Å². The zero-order chi connectivity index (χ0) is 23.5. The fourth-order valence-electron chi connectivity index (χ4n) is 4.07. The molecule has 1 aliphatic heterocycles. The number of H-pyrrole nitrogens is 1. The van der Waals surface area contributed by atoms with Crippen LogP contribution < -0.4 is 21.7 Å². The number of aromatic amines is 1. The van der Waals surface area contributed by atoms with Gasteiger partial charge in [0.1, 0.15) is 11.5 Å². The third-order valence-corrected chi connectivity index (χ3v) is 6.14. The van der Waals surface area contributed by atoms with Crippen molar-refractivity contribution in [3.8, 4) is 11.1 Å². The van der Waals surface area contributed by atoms with Crippen molar-refractivity contribution < 1.29 is 14.0 Å². The van der Waals surface area contributed by atoms with Gasteiger partial charge in [-0.2, -0.15) is 0 Å². The lowest BCUT2D eigenvalue weighted by molar-refractivity contribution is -0.123. The second-order valence-corrected chi connectivity index (χ2v) is 9.02. The van der Waals surface area contributed by atoms with Crippen molar-refractivity contribution in [2.24, 2.45) is 11.7 Å². The van der Waals surface area contributed by atoms with E-state index in [1.807, 2.05) is 38.1 Å². The van der Waals surface area contributed by atoms with Crippen molar-refractivity contribution in [3.63, 3.8) is 0 Å². The van der Waals surface area contributed by atoms with Crippen LogP contribution in [0.25, 0.3) is 22.0 Å². The van der Waals surface area contributed by atoms with E-state index in [-0.39, 0.29) is 35.6 Å². The van der Waals surface area contributed by atoms with E-state index in [0.29, 0.717) is 18.8 Å². The number of aromatic nitrogens is 1. The maximum absolute atomic E-state index is 13.2.